The molecule has 1 saturated heterocycles. The van der Waals surface area contributed by atoms with Crippen molar-refractivity contribution in [2.24, 2.45) is 0 Å². The summed E-state index contributed by atoms with van der Waals surface area (Å²) in [7, 11) is 0. The molecule has 38 heavy (non-hydrogen) atoms. The van der Waals surface area contributed by atoms with Gasteiger partial charge in [-0.05, 0) is 16.7 Å². The van der Waals surface area contributed by atoms with Gasteiger partial charge in [-0.2, -0.15) is 0 Å². The van der Waals surface area contributed by atoms with Gasteiger partial charge in [-0.15, -0.1) is 0 Å². The first-order valence-electron chi connectivity index (χ1n) is 12.6. The Bertz CT molecular complexity index is 1360. The number of nitrogens with one attached hydrogen (secondary N) is 1. The van der Waals surface area contributed by atoms with Crippen LogP contribution in [0.1, 0.15) is 22.9 Å². The lowest BCUT2D eigenvalue weighted by molar-refractivity contribution is -0.0925. The van der Waals surface area contributed by atoms with Crippen molar-refractivity contribution in [1.82, 2.24) is 9.55 Å². The van der Waals surface area contributed by atoms with E-state index >= 15 is 0 Å². The molecule has 1 N–H and O–H groups in total. The highest BCUT2D eigenvalue weighted by Crippen LogP contribution is 2.34. The van der Waals surface area contributed by atoms with Crippen molar-refractivity contribution in [2.75, 3.05) is 6.61 Å². The van der Waals surface area contributed by atoms with Crippen molar-refractivity contribution in [2.45, 2.75) is 44.4 Å². The lowest BCUT2D eigenvalue weighted by atomic mass is 10.1. The molecule has 1 aliphatic heterocycles. The second kappa shape index (κ2) is 12.6. The van der Waals surface area contributed by atoms with Gasteiger partial charge in [0.05, 0.1) is 26.4 Å². The summed E-state index contributed by atoms with van der Waals surface area (Å²) in [6.45, 7) is 1.14. The average molecular weight is 515 g/mol. The van der Waals surface area contributed by atoms with Gasteiger partial charge in [-0.1, -0.05) is 91.0 Å². The molecule has 0 radical (unpaired) electrons. The molecule has 1 aromatic heterocycles. The van der Waals surface area contributed by atoms with E-state index in [-0.39, 0.29) is 13.2 Å². The largest absolute Gasteiger partial charge is 0.374 e. The Hall–Kier alpha value is -3.82. The molecule has 4 aromatic rings. The molecule has 3 aromatic carbocycles. The number of hydrogen-bond donors (Lipinski definition) is 1. The second-order valence-corrected chi connectivity index (χ2v) is 9.08. The molecule has 8 heteroatoms. The number of aromatic nitrogens is 2. The van der Waals surface area contributed by atoms with Gasteiger partial charge in [0.2, 0.25) is 0 Å². The average Bonchev–Trinajstić information content (AvgIpc) is 3.29. The fourth-order valence-corrected chi connectivity index (χ4v) is 4.50. The normalized spacial score (nSPS) is 20.9. The van der Waals surface area contributed by atoms with Gasteiger partial charge in [0.1, 0.15) is 18.3 Å². The van der Waals surface area contributed by atoms with Crippen LogP contribution < -0.4 is 11.2 Å². The predicted molar refractivity (Wildman–Crippen MR) is 141 cm³/mol. The quantitative estimate of drug-likeness (QED) is 0.327. The number of ether oxygens (including phenoxy) is 4. The number of H-pyrrole nitrogens is 1. The zero-order valence-corrected chi connectivity index (χ0v) is 20.8. The van der Waals surface area contributed by atoms with Crippen LogP contribution in [-0.4, -0.2) is 34.5 Å². The molecule has 0 saturated carbocycles. The Balaban J connectivity index is 1.42. The number of aromatic amines is 1. The van der Waals surface area contributed by atoms with Crippen molar-refractivity contribution in [1.29, 1.82) is 0 Å². The number of benzene rings is 3. The zero-order valence-electron chi connectivity index (χ0n) is 20.8. The first-order valence-corrected chi connectivity index (χ1v) is 12.6. The lowest BCUT2D eigenvalue weighted by Crippen LogP contribution is -2.44. The predicted octanol–water partition coefficient (Wildman–Crippen LogP) is 3.82. The van der Waals surface area contributed by atoms with Crippen LogP contribution in [0.2, 0.25) is 0 Å². The SMILES string of the molecule is O=c1cc[nH]c(=O)n1[C@@H]1O[C@H](COCc2ccccc2)[C@@H](OCc2ccccc2)[C@@H]1OCc1ccccc1. The molecular weight excluding hydrogens is 484 g/mol. The highest BCUT2D eigenvalue weighted by molar-refractivity contribution is 5.15. The molecule has 1 fully saturated rings. The molecule has 196 valence electrons. The highest BCUT2D eigenvalue weighted by Gasteiger charge is 2.48. The smallest absolute Gasteiger partial charge is 0.330 e. The van der Waals surface area contributed by atoms with Gasteiger partial charge < -0.3 is 23.9 Å². The molecule has 0 aliphatic carbocycles. The third-order valence-corrected chi connectivity index (χ3v) is 6.39. The molecule has 0 bridgehead atoms. The van der Waals surface area contributed by atoms with E-state index in [1.165, 1.54) is 12.3 Å². The molecule has 5 rings (SSSR count). The fourth-order valence-electron chi connectivity index (χ4n) is 4.50. The Morgan fingerprint density at radius 1 is 0.684 bits per heavy atom. The van der Waals surface area contributed by atoms with Crippen LogP contribution in [0.5, 0.6) is 0 Å². The maximum absolute atomic E-state index is 12.8. The zero-order chi connectivity index (χ0) is 26.2. The van der Waals surface area contributed by atoms with Crippen molar-refractivity contribution in [3.63, 3.8) is 0 Å². The number of hydrogen-bond acceptors (Lipinski definition) is 6. The summed E-state index contributed by atoms with van der Waals surface area (Å²) in [5.41, 5.74) is 1.89. The molecule has 4 atom stereocenters. The maximum Gasteiger partial charge on any atom is 0.330 e. The minimum Gasteiger partial charge on any atom is -0.374 e. The molecule has 2 heterocycles. The summed E-state index contributed by atoms with van der Waals surface area (Å²) in [5.74, 6) is 0. The van der Waals surface area contributed by atoms with E-state index in [0.29, 0.717) is 13.2 Å². The highest BCUT2D eigenvalue weighted by atomic mass is 16.6. The van der Waals surface area contributed by atoms with Gasteiger partial charge in [0, 0.05) is 12.3 Å². The van der Waals surface area contributed by atoms with E-state index in [1.807, 2.05) is 91.0 Å². The van der Waals surface area contributed by atoms with Crippen LogP contribution in [0, 0.1) is 0 Å². The standard InChI is InChI=1S/C30H30N2O6/c33-26-16-17-31-30(34)32(26)29-28(37-20-24-14-8-3-9-15-24)27(36-19-23-12-6-2-7-13-23)25(38-29)21-35-18-22-10-4-1-5-11-22/h1-17,25,27-29H,18-21H2,(H,31,34)/t25-,27-,28+,29-/m1/s1. The van der Waals surface area contributed by atoms with E-state index in [9.17, 15) is 9.59 Å². The summed E-state index contributed by atoms with van der Waals surface area (Å²) in [6, 6.07) is 30.6. The maximum atomic E-state index is 12.8. The van der Waals surface area contributed by atoms with Crippen LogP contribution >= 0.6 is 0 Å². The van der Waals surface area contributed by atoms with Gasteiger partial charge in [0.15, 0.2) is 6.23 Å². The number of rotatable bonds is 11. The first-order chi connectivity index (χ1) is 18.7. The minimum atomic E-state index is -0.998. The summed E-state index contributed by atoms with van der Waals surface area (Å²) in [6.07, 6.45) is -1.61. The summed E-state index contributed by atoms with van der Waals surface area (Å²) in [5, 5.41) is 0. The third kappa shape index (κ3) is 6.35. The van der Waals surface area contributed by atoms with Gasteiger partial charge in [-0.3, -0.25) is 4.79 Å². The van der Waals surface area contributed by atoms with E-state index in [2.05, 4.69) is 4.98 Å². The Kier molecular flexibility index (Phi) is 8.57. The van der Waals surface area contributed by atoms with Crippen LogP contribution in [0.3, 0.4) is 0 Å². The Morgan fingerprint density at radius 2 is 1.21 bits per heavy atom. The monoisotopic (exact) mass is 514 g/mol. The summed E-state index contributed by atoms with van der Waals surface area (Å²) < 4.78 is 26.1. The lowest BCUT2D eigenvalue weighted by Gasteiger charge is -2.25. The van der Waals surface area contributed by atoms with Crippen molar-refractivity contribution >= 4 is 0 Å². The van der Waals surface area contributed by atoms with E-state index in [1.54, 1.807) is 0 Å². The molecular formula is C30H30N2O6. The third-order valence-electron chi connectivity index (χ3n) is 6.39. The first kappa shape index (κ1) is 25.8. The summed E-state index contributed by atoms with van der Waals surface area (Å²) >= 11 is 0. The van der Waals surface area contributed by atoms with Crippen LogP contribution in [-0.2, 0) is 38.8 Å². The van der Waals surface area contributed by atoms with Crippen LogP contribution in [0.15, 0.2) is 113 Å². The van der Waals surface area contributed by atoms with Gasteiger partial charge in [0.25, 0.3) is 5.56 Å². The molecule has 8 nitrogen and oxygen atoms in total. The van der Waals surface area contributed by atoms with Gasteiger partial charge in [-0.25, -0.2) is 9.36 Å². The van der Waals surface area contributed by atoms with E-state index in [0.717, 1.165) is 21.3 Å². The molecule has 0 spiro atoms. The number of nitrogens with zero attached hydrogens (tertiary/aromatic N) is 1. The molecule has 0 unspecified atom stereocenters. The van der Waals surface area contributed by atoms with Crippen molar-refractivity contribution < 1.29 is 18.9 Å². The van der Waals surface area contributed by atoms with Gasteiger partial charge >= 0.3 is 5.69 Å². The van der Waals surface area contributed by atoms with E-state index < -0.39 is 35.8 Å². The minimum absolute atomic E-state index is 0.190. The van der Waals surface area contributed by atoms with Crippen molar-refractivity contribution in [3.05, 3.63) is 141 Å². The molecule has 1 aliphatic rings. The van der Waals surface area contributed by atoms with Crippen LogP contribution in [0.25, 0.3) is 0 Å². The van der Waals surface area contributed by atoms with E-state index in [4.69, 9.17) is 18.9 Å². The topological polar surface area (TPSA) is 91.8 Å². The fraction of sp³-hybridized carbons (Fsp3) is 0.267. The Labute approximate surface area is 220 Å². The van der Waals surface area contributed by atoms with Crippen molar-refractivity contribution in [3.8, 4) is 0 Å². The molecule has 0 amide bonds. The van der Waals surface area contributed by atoms with Crippen LogP contribution in [0.4, 0.5) is 0 Å². The summed E-state index contributed by atoms with van der Waals surface area (Å²) in [4.78, 5) is 28.1. The Morgan fingerprint density at radius 3 is 1.76 bits per heavy atom. The second-order valence-electron chi connectivity index (χ2n) is 9.08.